The number of carbonyl (C=O) groups excluding carboxylic acids is 1. The highest BCUT2D eigenvalue weighted by atomic mass is 32.2. The third-order valence-electron chi connectivity index (χ3n) is 4.72. The minimum atomic E-state index is 0.238. The first-order valence-corrected chi connectivity index (χ1v) is 9.86. The number of benzene rings is 1. The molecule has 0 bridgehead atoms. The summed E-state index contributed by atoms with van der Waals surface area (Å²) in [5, 5.41) is 0. The van der Waals surface area contributed by atoms with Gasteiger partial charge in [0.15, 0.2) is 0 Å². The summed E-state index contributed by atoms with van der Waals surface area (Å²) in [4.78, 5) is 19.7. The number of thioether (sulfide) groups is 1. The molecule has 5 heteroatoms. The number of imidazole rings is 1. The first kappa shape index (κ1) is 16.4. The van der Waals surface area contributed by atoms with Gasteiger partial charge in [-0.1, -0.05) is 19.1 Å². The van der Waals surface area contributed by atoms with Gasteiger partial charge in [0.25, 0.3) is 0 Å². The van der Waals surface area contributed by atoms with Gasteiger partial charge < -0.3 is 9.47 Å². The molecule has 4 nitrogen and oxygen atoms in total. The summed E-state index contributed by atoms with van der Waals surface area (Å²) in [6, 6.07) is 8.52. The van der Waals surface area contributed by atoms with Crippen LogP contribution in [0.2, 0.25) is 0 Å². The van der Waals surface area contributed by atoms with Gasteiger partial charge in [-0.3, -0.25) is 4.79 Å². The fourth-order valence-corrected chi connectivity index (χ4v) is 4.00. The Hall–Kier alpha value is -1.49. The lowest BCUT2D eigenvalue weighted by atomic mass is 10.00. The lowest BCUT2D eigenvalue weighted by molar-refractivity contribution is -0.135. The Morgan fingerprint density at radius 3 is 2.96 bits per heavy atom. The molecule has 1 fully saturated rings. The molecule has 1 aliphatic heterocycles. The number of fused-ring (bicyclic) bond motifs is 1. The second-order valence-electron chi connectivity index (χ2n) is 6.18. The number of amides is 1. The van der Waals surface area contributed by atoms with Crippen molar-refractivity contribution in [1.82, 2.24) is 14.5 Å². The molecule has 1 unspecified atom stereocenters. The molecule has 1 aromatic heterocycles. The second kappa shape index (κ2) is 7.39. The van der Waals surface area contributed by atoms with Crippen molar-refractivity contribution in [3.63, 3.8) is 0 Å². The van der Waals surface area contributed by atoms with E-state index in [1.165, 1.54) is 6.42 Å². The van der Waals surface area contributed by atoms with Gasteiger partial charge in [0.1, 0.15) is 12.4 Å². The summed E-state index contributed by atoms with van der Waals surface area (Å²) in [5.74, 6) is 2.07. The van der Waals surface area contributed by atoms with Crippen LogP contribution in [-0.2, 0) is 17.1 Å². The van der Waals surface area contributed by atoms with Gasteiger partial charge in [-0.25, -0.2) is 4.98 Å². The van der Waals surface area contributed by atoms with Crippen molar-refractivity contribution in [2.45, 2.75) is 50.9 Å². The fraction of sp³-hybridized carbons (Fsp3) is 0.556. The number of hydrogen-bond acceptors (Lipinski definition) is 3. The van der Waals surface area contributed by atoms with Gasteiger partial charge in [0.2, 0.25) is 5.91 Å². The monoisotopic (exact) mass is 331 g/mol. The molecule has 2 aromatic rings. The maximum Gasteiger partial charge on any atom is 0.242 e. The largest absolute Gasteiger partial charge is 0.338 e. The van der Waals surface area contributed by atoms with Gasteiger partial charge in [-0.05, 0) is 44.1 Å². The standard InChI is InChI=1S/C18H25N3OS/c1-3-14-8-6-7-11-20(14)18(22)12-21-16-10-5-4-9-15(16)19-17(21)13-23-2/h4-5,9-10,14H,3,6-8,11-13H2,1-2H3. The predicted octanol–water partition coefficient (Wildman–Crippen LogP) is 3.69. The zero-order valence-corrected chi connectivity index (χ0v) is 14.8. The highest BCUT2D eigenvalue weighted by Gasteiger charge is 2.26. The third-order valence-corrected chi connectivity index (χ3v) is 5.27. The topological polar surface area (TPSA) is 38.1 Å². The molecule has 2 heterocycles. The fourth-order valence-electron chi connectivity index (χ4n) is 3.52. The molecular weight excluding hydrogens is 306 g/mol. The van der Waals surface area contributed by atoms with E-state index in [1.54, 1.807) is 11.8 Å². The Bertz CT molecular complexity index is 682. The van der Waals surface area contributed by atoms with Crippen LogP contribution in [0.25, 0.3) is 11.0 Å². The lowest BCUT2D eigenvalue weighted by Crippen LogP contribution is -2.44. The number of para-hydroxylation sites is 2. The molecule has 1 amide bonds. The molecule has 1 aromatic carbocycles. The highest BCUT2D eigenvalue weighted by molar-refractivity contribution is 7.97. The molecule has 0 aliphatic carbocycles. The van der Waals surface area contributed by atoms with E-state index in [0.29, 0.717) is 12.6 Å². The number of hydrogen-bond donors (Lipinski definition) is 0. The zero-order valence-electron chi connectivity index (χ0n) is 14.0. The van der Waals surface area contributed by atoms with Crippen LogP contribution >= 0.6 is 11.8 Å². The number of aromatic nitrogens is 2. The van der Waals surface area contributed by atoms with Crippen LogP contribution in [0.15, 0.2) is 24.3 Å². The predicted molar refractivity (Wildman–Crippen MR) is 96.6 cm³/mol. The molecule has 0 spiro atoms. The maximum atomic E-state index is 12.9. The van der Waals surface area contributed by atoms with Crippen LogP contribution in [0.4, 0.5) is 0 Å². The van der Waals surface area contributed by atoms with E-state index in [1.807, 2.05) is 18.2 Å². The van der Waals surface area contributed by atoms with E-state index < -0.39 is 0 Å². The number of likely N-dealkylation sites (tertiary alicyclic amines) is 1. The van der Waals surface area contributed by atoms with E-state index in [4.69, 9.17) is 4.98 Å². The Labute approximate surface area is 142 Å². The van der Waals surface area contributed by atoms with Gasteiger partial charge in [0.05, 0.1) is 16.8 Å². The average molecular weight is 331 g/mol. The second-order valence-corrected chi connectivity index (χ2v) is 7.05. The van der Waals surface area contributed by atoms with Crippen LogP contribution in [-0.4, -0.2) is 39.2 Å². The third kappa shape index (κ3) is 3.39. The molecule has 0 radical (unpaired) electrons. The molecule has 0 N–H and O–H groups in total. The van der Waals surface area contributed by atoms with Crippen molar-refractivity contribution in [2.24, 2.45) is 0 Å². The van der Waals surface area contributed by atoms with Gasteiger partial charge in [-0.15, -0.1) is 0 Å². The van der Waals surface area contributed by atoms with Crippen molar-refractivity contribution >= 4 is 28.7 Å². The summed E-state index contributed by atoms with van der Waals surface area (Å²) in [5.41, 5.74) is 2.05. The first-order chi connectivity index (χ1) is 11.2. The Morgan fingerprint density at radius 2 is 2.17 bits per heavy atom. The summed E-state index contributed by atoms with van der Waals surface area (Å²) in [6.07, 6.45) is 6.64. The quantitative estimate of drug-likeness (QED) is 0.838. The number of carbonyl (C=O) groups is 1. The van der Waals surface area contributed by atoms with E-state index in [9.17, 15) is 4.79 Å². The van der Waals surface area contributed by atoms with E-state index in [0.717, 1.165) is 48.4 Å². The van der Waals surface area contributed by atoms with Crippen LogP contribution in [0, 0.1) is 0 Å². The zero-order chi connectivity index (χ0) is 16.2. The van der Waals surface area contributed by atoms with E-state index in [-0.39, 0.29) is 5.91 Å². The van der Waals surface area contributed by atoms with Crippen molar-refractivity contribution in [1.29, 1.82) is 0 Å². The van der Waals surface area contributed by atoms with Crippen LogP contribution in [0.5, 0.6) is 0 Å². The van der Waals surface area contributed by atoms with Crippen LogP contribution in [0.3, 0.4) is 0 Å². The molecule has 1 saturated heterocycles. The van der Waals surface area contributed by atoms with E-state index in [2.05, 4.69) is 28.7 Å². The van der Waals surface area contributed by atoms with Gasteiger partial charge in [-0.2, -0.15) is 11.8 Å². The lowest BCUT2D eigenvalue weighted by Gasteiger charge is -2.35. The molecule has 23 heavy (non-hydrogen) atoms. The van der Waals surface area contributed by atoms with Crippen molar-refractivity contribution in [3.05, 3.63) is 30.1 Å². The van der Waals surface area contributed by atoms with E-state index >= 15 is 0 Å². The molecule has 1 atom stereocenters. The minimum absolute atomic E-state index is 0.238. The summed E-state index contributed by atoms with van der Waals surface area (Å²) in [7, 11) is 0. The van der Waals surface area contributed by atoms with Gasteiger partial charge in [0, 0.05) is 12.6 Å². The summed E-state index contributed by atoms with van der Waals surface area (Å²) in [6.45, 7) is 3.50. The maximum absolute atomic E-state index is 12.9. The number of nitrogens with zero attached hydrogens (tertiary/aromatic N) is 3. The molecule has 3 rings (SSSR count). The smallest absolute Gasteiger partial charge is 0.242 e. The first-order valence-electron chi connectivity index (χ1n) is 8.47. The Morgan fingerprint density at radius 1 is 1.35 bits per heavy atom. The Balaban J connectivity index is 1.87. The van der Waals surface area contributed by atoms with Crippen LogP contribution in [0.1, 0.15) is 38.4 Å². The number of rotatable bonds is 5. The number of piperidine rings is 1. The van der Waals surface area contributed by atoms with Crippen molar-refractivity contribution in [2.75, 3.05) is 12.8 Å². The van der Waals surface area contributed by atoms with Crippen molar-refractivity contribution < 1.29 is 4.79 Å². The summed E-state index contributed by atoms with van der Waals surface area (Å²) < 4.78 is 2.11. The molecule has 124 valence electrons. The highest BCUT2D eigenvalue weighted by Crippen LogP contribution is 2.22. The van der Waals surface area contributed by atoms with Crippen LogP contribution < -0.4 is 0 Å². The minimum Gasteiger partial charge on any atom is -0.338 e. The average Bonchev–Trinajstić information content (AvgIpc) is 2.93. The normalized spacial score (nSPS) is 18.5. The summed E-state index contributed by atoms with van der Waals surface area (Å²) >= 11 is 1.74. The SMILES string of the molecule is CCC1CCCCN1C(=O)Cn1c(CSC)nc2ccccc21. The van der Waals surface area contributed by atoms with Crippen molar-refractivity contribution in [3.8, 4) is 0 Å². The Kier molecular flexibility index (Phi) is 5.26. The molecule has 1 aliphatic rings. The van der Waals surface area contributed by atoms with Gasteiger partial charge >= 0.3 is 0 Å². The molecule has 0 saturated carbocycles. The molecular formula is C18H25N3OS.